The Labute approximate surface area is 113 Å². The summed E-state index contributed by atoms with van der Waals surface area (Å²) in [5, 5.41) is 0. The maximum Gasteiger partial charge on any atom is 0.147 e. The van der Waals surface area contributed by atoms with Gasteiger partial charge in [0.25, 0.3) is 0 Å². The zero-order valence-electron chi connectivity index (χ0n) is 11.2. The molecule has 2 aromatic rings. The molecule has 2 fully saturated rings. The molecule has 4 nitrogen and oxygen atoms in total. The third-order valence-corrected chi connectivity index (χ3v) is 4.43. The van der Waals surface area contributed by atoms with Gasteiger partial charge in [0, 0.05) is 26.2 Å². The van der Waals surface area contributed by atoms with E-state index in [0.717, 1.165) is 41.8 Å². The highest BCUT2D eigenvalue weighted by Crippen LogP contribution is 2.32. The zero-order valence-corrected chi connectivity index (χ0v) is 11.2. The summed E-state index contributed by atoms with van der Waals surface area (Å²) in [6.07, 6.45) is 1.92. The van der Waals surface area contributed by atoms with Crippen LogP contribution in [0.3, 0.4) is 0 Å². The molecule has 98 valence electrons. The molecule has 2 saturated heterocycles. The van der Waals surface area contributed by atoms with E-state index >= 15 is 0 Å². The molecule has 0 spiro atoms. The van der Waals surface area contributed by atoms with Crippen LogP contribution < -0.4 is 4.90 Å². The Bertz CT molecular complexity index is 598. The molecule has 2 unspecified atom stereocenters. The molecule has 2 aliphatic rings. The monoisotopic (exact) mass is 254 g/mol. The molecule has 2 aliphatic heterocycles. The Morgan fingerprint density at radius 1 is 1.00 bits per heavy atom. The van der Waals surface area contributed by atoms with Gasteiger partial charge >= 0.3 is 0 Å². The summed E-state index contributed by atoms with van der Waals surface area (Å²) >= 11 is 0. The van der Waals surface area contributed by atoms with Crippen molar-refractivity contribution >= 4 is 16.9 Å². The van der Waals surface area contributed by atoms with Gasteiger partial charge in [0.15, 0.2) is 0 Å². The number of para-hydroxylation sites is 2. The lowest BCUT2D eigenvalue weighted by Gasteiger charge is -2.20. The molecular formula is C15H18N4. The molecule has 19 heavy (non-hydrogen) atoms. The SMILES string of the molecule is CN1CC2CN(c3cnc4ccccc4n3)CC2C1. The lowest BCUT2D eigenvalue weighted by Crippen LogP contribution is -2.27. The van der Waals surface area contributed by atoms with Gasteiger partial charge in [-0.15, -0.1) is 0 Å². The fourth-order valence-electron chi connectivity index (χ4n) is 3.51. The molecule has 0 amide bonds. The Hall–Kier alpha value is -1.68. The minimum Gasteiger partial charge on any atom is -0.355 e. The first-order chi connectivity index (χ1) is 9.29. The van der Waals surface area contributed by atoms with Crippen molar-refractivity contribution in [2.24, 2.45) is 11.8 Å². The third-order valence-electron chi connectivity index (χ3n) is 4.43. The normalized spacial score (nSPS) is 27.1. The minimum atomic E-state index is 0.804. The van der Waals surface area contributed by atoms with Crippen molar-refractivity contribution in [3.05, 3.63) is 30.5 Å². The molecule has 0 aliphatic carbocycles. The number of anilines is 1. The number of nitrogens with zero attached hydrogens (tertiary/aromatic N) is 4. The van der Waals surface area contributed by atoms with E-state index in [4.69, 9.17) is 4.98 Å². The average Bonchev–Trinajstić information content (AvgIpc) is 2.95. The van der Waals surface area contributed by atoms with E-state index in [-0.39, 0.29) is 0 Å². The van der Waals surface area contributed by atoms with E-state index in [1.165, 1.54) is 13.1 Å². The van der Waals surface area contributed by atoms with Crippen LogP contribution in [0.1, 0.15) is 0 Å². The molecule has 2 atom stereocenters. The van der Waals surface area contributed by atoms with Gasteiger partial charge in [-0.1, -0.05) is 12.1 Å². The lowest BCUT2D eigenvalue weighted by atomic mass is 10.0. The fraction of sp³-hybridized carbons (Fsp3) is 0.467. The van der Waals surface area contributed by atoms with Gasteiger partial charge in [-0.3, -0.25) is 4.98 Å². The number of hydrogen-bond acceptors (Lipinski definition) is 4. The van der Waals surface area contributed by atoms with E-state index in [1.54, 1.807) is 0 Å². The minimum absolute atomic E-state index is 0.804. The Morgan fingerprint density at radius 2 is 1.68 bits per heavy atom. The quantitative estimate of drug-likeness (QED) is 0.774. The molecule has 4 rings (SSSR count). The predicted octanol–water partition coefficient (Wildman–Crippen LogP) is 1.63. The highest BCUT2D eigenvalue weighted by molar-refractivity contribution is 5.75. The van der Waals surface area contributed by atoms with Crippen molar-refractivity contribution in [1.82, 2.24) is 14.9 Å². The standard InChI is InChI=1S/C15H18N4/c1-18-7-11-9-19(10-12(11)8-18)15-6-16-13-4-2-3-5-14(13)17-15/h2-6,11-12H,7-10H2,1H3. The molecule has 0 N–H and O–H groups in total. The average molecular weight is 254 g/mol. The van der Waals surface area contributed by atoms with Gasteiger partial charge in [-0.05, 0) is 31.0 Å². The van der Waals surface area contributed by atoms with E-state index in [0.29, 0.717) is 0 Å². The number of aromatic nitrogens is 2. The maximum atomic E-state index is 4.75. The first-order valence-corrected chi connectivity index (χ1v) is 6.95. The van der Waals surface area contributed by atoms with Crippen molar-refractivity contribution in [1.29, 1.82) is 0 Å². The van der Waals surface area contributed by atoms with Crippen LogP contribution in [-0.2, 0) is 0 Å². The summed E-state index contributed by atoms with van der Waals surface area (Å²) in [6.45, 7) is 4.70. The number of fused-ring (bicyclic) bond motifs is 2. The van der Waals surface area contributed by atoms with Crippen LogP contribution in [0.15, 0.2) is 30.5 Å². The number of likely N-dealkylation sites (tertiary alicyclic amines) is 1. The summed E-state index contributed by atoms with van der Waals surface area (Å²) in [4.78, 5) is 14.1. The van der Waals surface area contributed by atoms with Gasteiger partial charge in [0.1, 0.15) is 5.82 Å². The molecule has 3 heterocycles. The smallest absolute Gasteiger partial charge is 0.147 e. The lowest BCUT2D eigenvalue weighted by molar-refractivity contribution is 0.387. The number of benzene rings is 1. The van der Waals surface area contributed by atoms with Crippen LogP contribution in [0.4, 0.5) is 5.82 Å². The molecule has 1 aromatic carbocycles. The second-order valence-corrected chi connectivity index (χ2v) is 5.86. The number of hydrogen-bond donors (Lipinski definition) is 0. The summed E-state index contributed by atoms with van der Waals surface area (Å²) in [6, 6.07) is 8.08. The van der Waals surface area contributed by atoms with Gasteiger partial charge in [0.2, 0.25) is 0 Å². The van der Waals surface area contributed by atoms with Crippen molar-refractivity contribution in [3.63, 3.8) is 0 Å². The Kier molecular flexibility index (Phi) is 2.45. The molecule has 0 radical (unpaired) electrons. The second-order valence-electron chi connectivity index (χ2n) is 5.86. The highest BCUT2D eigenvalue weighted by Gasteiger charge is 2.39. The first-order valence-electron chi connectivity index (χ1n) is 6.95. The van der Waals surface area contributed by atoms with Gasteiger partial charge in [0.05, 0.1) is 17.2 Å². The third kappa shape index (κ3) is 1.87. The Balaban J connectivity index is 1.62. The van der Waals surface area contributed by atoms with Crippen molar-refractivity contribution in [2.45, 2.75) is 0 Å². The molecule has 0 saturated carbocycles. The second kappa shape index (κ2) is 4.17. The Morgan fingerprint density at radius 3 is 2.42 bits per heavy atom. The van der Waals surface area contributed by atoms with Crippen LogP contribution in [0, 0.1) is 11.8 Å². The fourth-order valence-corrected chi connectivity index (χ4v) is 3.51. The van der Waals surface area contributed by atoms with Crippen molar-refractivity contribution < 1.29 is 0 Å². The zero-order chi connectivity index (χ0) is 12.8. The topological polar surface area (TPSA) is 32.3 Å². The van der Waals surface area contributed by atoms with Crippen molar-refractivity contribution in [2.75, 3.05) is 38.1 Å². The van der Waals surface area contributed by atoms with E-state index in [2.05, 4.69) is 21.8 Å². The van der Waals surface area contributed by atoms with Gasteiger partial charge in [-0.2, -0.15) is 0 Å². The van der Waals surface area contributed by atoms with Crippen molar-refractivity contribution in [3.8, 4) is 0 Å². The molecular weight excluding hydrogens is 236 g/mol. The van der Waals surface area contributed by atoms with Crippen LogP contribution in [0.5, 0.6) is 0 Å². The maximum absolute atomic E-state index is 4.75. The summed E-state index contributed by atoms with van der Waals surface area (Å²) in [7, 11) is 2.22. The van der Waals surface area contributed by atoms with Crippen LogP contribution in [0.2, 0.25) is 0 Å². The van der Waals surface area contributed by atoms with Crippen LogP contribution in [0.25, 0.3) is 11.0 Å². The molecule has 0 bridgehead atoms. The largest absolute Gasteiger partial charge is 0.355 e. The van der Waals surface area contributed by atoms with Crippen LogP contribution in [-0.4, -0.2) is 48.1 Å². The van der Waals surface area contributed by atoms with E-state index in [1.807, 2.05) is 30.5 Å². The summed E-state index contributed by atoms with van der Waals surface area (Å²) < 4.78 is 0. The van der Waals surface area contributed by atoms with E-state index in [9.17, 15) is 0 Å². The summed E-state index contributed by atoms with van der Waals surface area (Å²) in [5.41, 5.74) is 1.97. The van der Waals surface area contributed by atoms with Gasteiger partial charge in [-0.25, -0.2) is 4.98 Å². The molecule has 1 aromatic heterocycles. The predicted molar refractivity (Wildman–Crippen MR) is 76.2 cm³/mol. The number of rotatable bonds is 1. The van der Waals surface area contributed by atoms with E-state index < -0.39 is 0 Å². The van der Waals surface area contributed by atoms with Gasteiger partial charge < -0.3 is 9.80 Å². The summed E-state index contributed by atoms with van der Waals surface area (Å²) in [5.74, 6) is 2.65. The highest BCUT2D eigenvalue weighted by atomic mass is 15.3. The van der Waals surface area contributed by atoms with Crippen LogP contribution >= 0.6 is 0 Å². The molecule has 4 heteroatoms. The first kappa shape index (κ1) is 11.2.